The lowest BCUT2D eigenvalue weighted by Gasteiger charge is -2.39. The molecule has 0 radical (unpaired) electrons. The fourth-order valence-electron chi connectivity index (χ4n) is 3.47. The molecule has 0 spiro atoms. The van der Waals surface area contributed by atoms with Crippen molar-refractivity contribution in [1.29, 1.82) is 0 Å². The third-order valence-electron chi connectivity index (χ3n) is 4.37. The lowest BCUT2D eigenvalue weighted by atomic mass is 9.79. The second-order valence-corrected chi connectivity index (χ2v) is 6.18. The molecule has 4 nitrogen and oxygen atoms in total. The third kappa shape index (κ3) is 3.06. The van der Waals surface area contributed by atoms with Crippen LogP contribution in [0.15, 0.2) is 29.4 Å². The van der Waals surface area contributed by atoms with Crippen molar-refractivity contribution in [2.24, 2.45) is 22.7 Å². The molecular formula is C16H25N3O. The van der Waals surface area contributed by atoms with Gasteiger partial charge in [-0.05, 0) is 43.2 Å². The summed E-state index contributed by atoms with van der Waals surface area (Å²) in [6, 6.07) is 8.36. The van der Waals surface area contributed by atoms with Gasteiger partial charge < -0.3 is 15.8 Å². The van der Waals surface area contributed by atoms with E-state index < -0.39 is 0 Å². The monoisotopic (exact) mass is 275 g/mol. The predicted molar refractivity (Wildman–Crippen MR) is 83.3 cm³/mol. The molecule has 1 aromatic rings. The van der Waals surface area contributed by atoms with Gasteiger partial charge in [-0.3, -0.25) is 0 Å². The van der Waals surface area contributed by atoms with Crippen LogP contribution in [0.25, 0.3) is 0 Å². The summed E-state index contributed by atoms with van der Waals surface area (Å²) in [5.74, 6) is 1.67. The van der Waals surface area contributed by atoms with Gasteiger partial charge in [-0.15, -0.1) is 0 Å². The van der Waals surface area contributed by atoms with E-state index in [0.29, 0.717) is 6.04 Å². The van der Waals surface area contributed by atoms with Crippen LogP contribution in [0.4, 0.5) is 5.69 Å². The van der Waals surface area contributed by atoms with E-state index in [1.165, 1.54) is 19.3 Å². The molecular weight excluding hydrogens is 250 g/mol. The minimum Gasteiger partial charge on any atom is -0.409 e. The Morgan fingerprint density at radius 2 is 1.80 bits per heavy atom. The van der Waals surface area contributed by atoms with Gasteiger partial charge in [-0.25, -0.2) is 0 Å². The number of rotatable bonds is 3. The van der Waals surface area contributed by atoms with E-state index >= 15 is 0 Å². The summed E-state index contributed by atoms with van der Waals surface area (Å²) in [7, 11) is 2.11. The molecule has 1 aliphatic carbocycles. The van der Waals surface area contributed by atoms with E-state index in [0.717, 1.165) is 23.1 Å². The number of oxime groups is 1. The molecule has 1 fully saturated rings. The molecule has 1 saturated carbocycles. The summed E-state index contributed by atoms with van der Waals surface area (Å²) < 4.78 is 0. The fourth-order valence-corrected chi connectivity index (χ4v) is 3.47. The van der Waals surface area contributed by atoms with Crippen LogP contribution in [0, 0.1) is 11.8 Å². The smallest absolute Gasteiger partial charge is 0.172 e. The Balaban J connectivity index is 2.27. The molecule has 0 bridgehead atoms. The average Bonchev–Trinajstić information content (AvgIpc) is 2.44. The fraction of sp³-hybridized carbons (Fsp3) is 0.562. The van der Waals surface area contributed by atoms with Crippen molar-refractivity contribution in [3.05, 3.63) is 29.8 Å². The minimum atomic E-state index is 0.171. The number of hydrogen-bond acceptors (Lipinski definition) is 3. The second-order valence-electron chi connectivity index (χ2n) is 6.18. The Morgan fingerprint density at radius 3 is 2.40 bits per heavy atom. The average molecular weight is 275 g/mol. The topological polar surface area (TPSA) is 61.8 Å². The standard InChI is InChI=1S/C16H25N3O/c1-11-8-12(2)10-13(9-11)19(3)15-7-5-4-6-14(15)16(17)18-20/h4-7,11-13,20H,8-10H2,1-3H3,(H2,17,18). The summed E-state index contributed by atoms with van der Waals surface area (Å²) in [6.45, 7) is 4.65. The molecule has 1 aromatic carbocycles. The highest BCUT2D eigenvalue weighted by Crippen LogP contribution is 2.34. The molecule has 110 valence electrons. The number of anilines is 1. The van der Waals surface area contributed by atoms with E-state index in [1.807, 2.05) is 24.3 Å². The van der Waals surface area contributed by atoms with Crippen molar-refractivity contribution in [3.8, 4) is 0 Å². The van der Waals surface area contributed by atoms with Crippen LogP contribution in [0.5, 0.6) is 0 Å². The quantitative estimate of drug-likeness (QED) is 0.386. The molecule has 3 N–H and O–H groups in total. The van der Waals surface area contributed by atoms with Gasteiger partial charge in [0.15, 0.2) is 5.84 Å². The Bertz CT molecular complexity index is 476. The molecule has 1 aliphatic rings. The van der Waals surface area contributed by atoms with Gasteiger partial charge in [0.2, 0.25) is 0 Å². The zero-order valence-corrected chi connectivity index (χ0v) is 12.6. The van der Waals surface area contributed by atoms with Crippen molar-refractivity contribution in [3.63, 3.8) is 0 Å². The summed E-state index contributed by atoms with van der Waals surface area (Å²) in [5, 5.41) is 12.1. The molecule has 0 amide bonds. The van der Waals surface area contributed by atoms with E-state index in [2.05, 4.69) is 31.0 Å². The van der Waals surface area contributed by atoms with Crippen LogP contribution >= 0.6 is 0 Å². The molecule has 2 atom stereocenters. The lowest BCUT2D eigenvalue weighted by Crippen LogP contribution is -2.39. The summed E-state index contributed by atoms with van der Waals surface area (Å²) in [6.07, 6.45) is 3.71. The SMILES string of the molecule is CC1CC(C)CC(N(C)c2ccccc2/C(N)=N/O)C1. The third-order valence-corrected chi connectivity index (χ3v) is 4.37. The van der Waals surface area contributed by atoms with Crippen molar-refractivity contribution in [2.75, 3.05) is 11.9 Å². The van der Waals surface area contributed by atoms with Crippen LogP contribution < -0.4 is 10.6 Å². The minimum absolute atomic E-state index is 0.171. The molecule has 0 heterocycles. The van der Waals surface area contributed by atoms with Gasteiger partial charge in [0, 0.05) is 24.3 Å². The van der Waals surface area contributed by atoms with E-state index in [4.69, 9.17) is 10.9 Å². The number of para-hydroxylation sites is 1. The highest BCUT2D eigenvalue weighted by molar-refractivity contribution is 6.02. The molecule has 2 rings (SSSR count). The van der Waals surface area contributed by atoms with E-state index in [9.17, 15) is 0 Å². The van der Waals surface area contributed by atoms with Crippen molar-refractivity contribution >= 4 is 11.5 Å². The highest BCUT2D eigenvalue weighted by atomic mass is 16.4. The first kappa shape index (κ1) is 14.7. The van der Waals surface area contributed by atoms with Crippen LogP contribution in [0.3, 0.4) is 0 Å². The molecule has 2 unspecified atom stereocenters. The van der Waals surface area contributed by atoms with Crippen molar-refractivity contribution < 1.29 is 5.21 Å². The normalized spacial score (nSPS) is 27.4. The molecule has 20 heavy (non-hydrogen) atoms. The Hall–Kier alpha value is -1.71. The Labute approximate surface area is 121 Å². The summed E-state index contributed by atoms with van der Waals surface area (Å²) in [5.41, 5.74) is 7.62. The van der Waals surface area contributed by atoms with Gasteiger partial charge in [-0.2, -0.15) is 0 Å². The van der Waals surface area contributed by atoms with Crippen molar-refractivity contribution in [1.82, 2.24) is 0 Å². The molecule has 0 aliphatic heterocycles. The maximum Gasteiger partial charge on any atom is 0.172 e. The number of nitrogens with two attached hydrogens (primary N) is 1. The van der Waals surface area contributed by atoms with Gasteiger partial charge in [0.1, 0.15) is 0 Å². The highest BCUT2D eigenvalue weighted by Gasteiger charge is 2.27. The number of amidine groups is 1. The zero-order chi connectivity index (χ0) is 14.7. The van der Waals surface area contributed by atoms with Gasteiger partial charge in [0.05, 0.1) is 0 Å². The first-order chi connectivity index (χ1) is 9.52. The van der Waals surface area contributed by atoms with Gasteiger partial charge >= 0.3 is 0 Å². The Morgan fingerprint density at radius 1 is 1.20 bits per heavy atom. The summed E-state index contributed by atoms with van der Waals surface area (Å²) in [4.78, 5) is 2.29. The number of hydrogen-bond donors (Lipinski definition) is 2. The maximum absolute atomic E-state index is 8.93. The maximum atomic E-state index is 8.93. The zero-order valence-electron chi connectivity index (χ0n) is 12.6. The van der Waals surface area contributed by atoms with Gasteiger partial charge in [0.25, 0.3) is 0 Å². The Kier molecular flexibility index (Phi) is 4.53. The second kappa shape index (κ2) is 6.16. The van der Waals surface area contributed by atoms with Crippen LogP contribution in [-0.2, 0) is 0 Å². The van der Waals surface area contributed by atoms with Gasteiger partial charge in [-0.1, -0.05) is 31.1 Å². The molecule has 0 saturated heterocycles. The predicted octanol–water partition coefficient (Wildman–Crippen LogP) is 3.04. The molecule has 4 heteroatoms. The number of benzene rings is 1. The van der Waals surface area contributed by atoms with E-state index in [-0.39, 0.29) is 5.84 Å². The summed E-state index contributed by atoms with van der Waals surface area (Å²) >= 11 is 0. The van der Waals surface area contributed by atoms with Crippen molar-refractivity contribution in [2.45, 2.75) is 39.2 Å². The van der Waals surface area contributed by atoms with Crippen LogP contribution in [0.2, 0.25) is 0 Å². The van der Waals surface area contributed by atoms with E-state index in [1.54, 1.807) is 0 Å². The van der Waals surface area contributed by atoms with Crippen LogP contribution in [0.1, 0.15) is 38.7 Å². The first-order valence-corrected chi connectivity index (χ1v) is 7.32. The largest absolute Gasteiger partial charge is 0.409 e. The van der Waals surface area contributed by atoms with Crippen LogP contribution in [-0.4, -0.2) is 24.1 Å². The number of nitrogens with zero attached hydrogens (tertiary/aromatic N) is 2. The first-order valence-electron chi connectivity index (χ1n) is 7.32. The molecule has 0 aromatic heterocycles. The lowest BCUT2D eigenvalue weighted by molar-refractivity contribution is 0.264.